The molecule has 218 valence electrons. The SMILES string of the molecule is CCCCC1(CC)CN(c2ccccc2)c2cc(Br)c(OCC(=O)NC(C(=O)O)c3ccccc3)cc2S(=O)(=O)C1. The fourth-order valence-corrected chi connectivity index (χ4v) is 7.87. The lowest BCUT2D eigenvalue weighted by molar-refractivity contribution is -0.142. The van der Waals surface area contributed by atoms with Crippen LogP contribution in [-0.4, -0.2) is 44.3 Å². The van der Waals surface area contributed by atoms with Gasteiger partial charge < -0.3 is 20.1 Å². The number of nitrogens with one attached hydrogen (secondary N) is 1. The van der Waals surface area contributed by atoms with Crippen molar-refractivity contribution in [1.29, 1.82) is 0 Å². The highest BCUT2D eigenvalue weighted by Crippen LogP contribution is 2.46. The minimum Gasteiger partial charge on any atom is -0.483 e. The van der Waals surface area contributed by atoms with Crippen molar-refractivity contribution in [2.75, 3.05) is 23.8 Å². The molecule has 41 heavy (non-hydrogen) atoms. The predicted octanol–water partition coefficient (Wildman–Crippen LogP) is 6.28. The summed E-state index contributed by atoms with van der Waals surface area (Å²) in [6, 6.07) is 20.0. The number of sulfone groups is 1. The lowest BCUT2D eigenvalue weighted by atomic mass is 9.81. The Morgan fingerprint density at radius 1 is 1.07 bits per heavy atom. The first-order valence-corrected chi connectivity index (χ1v) is 16.1. The summed E-state index contributed by atoms with van der Waals surface area (Å²) in [6.45, 7) is 4.21. The Bertz CT molecular complexity index is 1480. The molecule has 0 fully saturated rings. The lowest BCUT2D eigenvalue weighted by Gasteiger charge is -2.36. The van der Waals surface area contributed by atoms with Crippen LogP contribution < -0.4 is 15.0 Å². The molecule has 10 heteroatoms. The standard InChI is InChI=1S/C31H35BrN2O6S/c1-3-5-16-31(4-2)20-34(23-14-10-7-11-15-23)25-17-24(32)26(18-27(25)41(38,39)21-31)40-19-28(35)33-29(30(36)37)22-12-8-6-9-13-22/h6-15,17-18,29H,3-5,16,19-21H2,1-2H3,(H,33,35)(H,36,37). The molecule has 0 bridgehead atoms. The monoisotopic (exact) mass is 642 g/mol. The zero-order valence-corrected chi connectivity index (χ0v) is 25.6. The molecule has 1 aliphatic rings. The number of hydrogen-bond acceptors (Lipinski definition) is 6. The number of carbonyl (C=O) groups excluding carboxylic acids is 1. The van der Waals surface area contributed by atoms with E-state index in [9.17, 15) is 23.1 Å². The number of unbranched alkanes of at least 4 members (excludes halogenated alkanes) is 1. The predicted molar refractivity (Wildman–Crippen MR) is 162 cm³/mol. The third-order valence-corrected chi connectivity index (χ3v) is 10.2. The number of benzene rings is 3. The van der Waals surface area contributed by atoms with Crippen LogP contribution >= 0.6 is 15.9 Å². The van der Waals surface area contributed by atoms with E-state index >= 15 is 0 Å². The van der Waals surface area contributed by atoms with E-state index in [4.69, 9.17) is 4.74 Å². The van der Waals surface area contributed by atoms with Gasteiger partial charge in [0.05, 0.1) is 20.8 Å². The third kappa shape index (κ3) is 7.11. The van der Waals surface area contributed by atoms with Crippen LogP contribution in [0, 0.1) is 5.41 Å². The molecule has 1 aliphatic heterocycles. The van der Waals surface area contributed by atoms with E-state index < -0.39 is 39.8 Å². The molecule has 0 saturated carbocycles. The Hall–Kier alpha value is -3.37. The number of hydrogen-bond donors (Lipinski definition) is 2. The van der Waals surface area contributed by atoms with Gasteiger partial charge in [-0.25, -0.2) is 13.2 Å². The number of rotatable bonds is 11. The van der Waals surface area contributed by atoms with Gasteiger partial charge in [0, 0.05) is 23.7 Å². The summed E-state index contributed by atoms with van der Waals surface area (Å²) < 4.78 is 34.1. The fourth-order valence-electron chi connectivity index (χ4n) is 5.25. The summed E-state index contributed by atoms with van der Waals surface area (Å²) >= 11 is 3.51. The van der Waals surface area contributed by atoms with Crippen LogP contribution in [0.4, 0.5) is 11.4 Å². The Balaban J connectivity index is 1.66. The van der Waals surface area contributed by atoms with E-state index in [0.29, 0.717) is 28.7 Å². The molecule has 0 saturated heterocycles. The van der Waals surface area contributed by atoms with Crippen molar-refractivity contribution in [3.8, 4) is 5.75 Å². The molecule has 0 radical (unpaired) electrons. The molecule has 0 spiro atoms. The van der Waals surface area contributed by atoms with Gasteiger partial charge in [-0.05, 0) is 52.5 Å². The maximum atomic E-state index is 13.9. The molecule has 3 aromatic carbocycles. The highest BCUT2D eigenvalue weighted by Gasteiger charge is 2.42. The molecule has 1 heterocycles. The summed E-state index contributed by atoms with van der Waals surface area (Å²) in [5, 5.41) is 12.1. The minimum atomic E-state index is -3.73. The average molecular weight is 644 g/mol. The van der Waals surface area contributed by atoms with Crippen molar-refractivity contribution in [2.45, 2.75) is 50.5 Å². The Morgan fingerprint density at radius 3 is 2.34 bits per heavy atom. The first-order valence-electron chi connectivity index (χ1n) is 13.7. The Morgan fingerprint density at radius 2 is 1.73 bits per heavy atom. The van der Waals surface area contributed by atoms with Crippen LogP contribution in [0.1, 0.15) is 51.1 Å². The number of ether oxygens (including phenoxy) is 1. The Kier molecular flexibility index (Phi) is 9.76. The second kappa shape index (κ2) is 13.1. The van der Waals surface area contributed by atoms with Crippen LogP contribution in [0.5, 0.6) is 5.75 Å². The second-order valence-electron chi connectivity index (χ2n) is 10.4. The number of carboxylic acid groups (broad SMARTS) is 1. The highest BCUT2D eigenvalue weighted by atomic mass is 79.9. The number of amides is 1. The van der Waals surface area contributed by atoms with E-state index in [1.807, 2.05) is 37.3 Å². The van der Waals surface area contributed by atoms with Gasteiger partial charge in [-0.15, -0.1) is 0 Å². The molecule has 2 N–H and O–H groups in total. The number of nitrogens with zero attached hydrogens (tertiary/aromatic N) is 1. The quantitative estimate of drug-likeness (QED) is 0.253. The summed E-state index contributed by atoms with van der Waals surface area (Å²) in [6.07, 6.45) is 3.39. The average Bonchev–Trinajstić information content (AvgIpc) is 3.06. The first-order chi connectivity index (χ1) is 19.6. The van der Waals surface area contributed by atoms with Crippen molar-refractivity contribution in [3.05, 3.63) is 82.8 Å². The number of anilines is 2. The highest BCUT2D eigenvalue weighted by molar-refractivity contribution is 9.10. The number of halogens is 1. The largest absolute Gasteiger partial charge is 0.483 e. The van der Waals surface area contributed by atoms with E-state index in [2.05, 4.69) is 33.1 Å². The topological polar surface area (TPSA) is 113 Å². The number of carbonyl (C=O) groups is 2. The van der Waals surface area contributed by atoms with Crippen molar-refractivity contribution in [2.24, 2.45) is 5.41 Å². The summed E-state index contributed by atoms with van der Waals surface area (Å²) in [7, 11) is -3.73. The van der Waals surface area contributed by atoms with Gasteiger partial charge >= 0.3 is 5.97 Å². The summed E-state index contributed by atoms with van der Waals surface area (Å²) in [4.78, 5) is 26.7. The van der Waals surface area contributed by atoms with E-state index in [1.54, 1.807) is 36.4 Å². The number of aliphatic carboxylic acids is 1. The molecule has 8 nitrogen and oxygen atoms in total. The van der Waals surface area contributed by atoms with Gasteiger partial charge in [-0.2, -0.15) is 0 Å². The number of fused-ring (bicyclic) bond motifs is 1. The van der Waals surface area contributed by atoms with Crippen molar-refractivity contribution in [1.82, 2.24) is 5.32 Å². The number of carboxylic acids is 1. The van der Waals surface area contributed by atoms with Gasteiger partial charge in [0.1, 0.15) is 5.75 Å². The third-order valence-electron chi connectivity index (χ3n) is 7.55. The van der Waals surface area contributed by atoms with Crippen LogP contribution in [0.25, 0.3) is 0 Å². The van der Waals surface area contributed by atoms with Crippen molar-refractivity contribution >= 4 is 49.0 Å². The van der Waals surface area contributed by atoms with E-state index in [0.717, 1.165) is 24.9 Å². The van der Waals surface area contributed by atoms with Gasteiger partial charge in [-0.1, -0.05) is 75.2 Å². The fraction of sp³-hybridized carbons (Fsp3) is 0.355. The van der Waals surface area contributed by atoms with E-state index in [1.165, 1.54) is 6.07 Å². The zero-order valence-electron chi connectivity index (χ0n) is 23.2. The lowest BCUT2D eigenvalue weighted by Crippen LogP contribution is -2.37. The smallest absolute Gasteiger partial charge is 0.330 e. The molecule has 1 amide bonds. The normalized spacial score (nSPS) is 18.6. The maximum absolute atomic E-state index is 13.9. The van der Waals surface area contributed by atoms with E-state index in [-0.39, 0.29) is 16.4 Å². The van der Waals surface area contributed by atoms with Crippen LogP contribution in [0.15, 0.2) is 82.2 Å². The van der Waals surface area contributed by atoms with Crippen molar-refractivity contribution < 1.29 is 27.9 Å². The molecular formula is C31H35BrN2O6S. The van der Waals surface area contributed by atoms with Gasteiger partial charge in [-0.3, -0.25) is 4.79 Å². The summed E-state index contributed by atoms with van der Waals surface area (Å²) in [5.74, 6) is -1.67. The zero-order chi connectivity index (χ0) is 29.6. The van der Waals surface area contributed by atoms with Gasteiger partial charge in [0.2, 0.25) is 0 Å². The molecule has 2 unspecified atom stereocenters. The molecule has 2 atom stereocenters. The molecular weight excluding hydrogens is 608 g/mol. The molecule has 3 aromatic rings. The minimum absolute atomic E-state index is 0.00571. The number of para-hydroxylation sites is 1. The van der Waals surface area contributed by atoms with Crippen LogP contribution in [-0.2, 0) is 19.4 Å². The van der Waals surface area contributed by atoms with Gasteiger partial charge in [0.15, 0.2) is 22.5 Å². The molecule has 0 aromatic heterocycles. The second-order valence-corrected chi connectivity index (χ2v) is 13.2. The summed E-state index contributed by atoms with van der Waals surface area (Å²) in [5.41, 5.74) is 1.41. The van der Waals surface area contributed by atoms with Crippen LogP contribution in [0.2, 0.25) is 0 Å². The first kappa shape index (κ1) is 30.6. The Labute approximate surface area is 249 Å². The maximum Gasteiger partial charge on any atom is 0.330 e. The van der Waals surface area contributed by atoms with Crippen LogP contribution in [0.3, 0.4) is 0 Å². The van der Waals surface area contributed by atoms with Crippen molar-refractivity contribution in [3.63, 3.8) is 0 Å². The van der Waals surface area contributed by atoms with Gasteiger partial charge in [0.25, 0.3) is 5.91 Å². The molecule has 4 rings (SSSR count). The molecule has 0 aliphatic carbocycles.